The zero-order chi connectivity index (χ0) is 9.10. The number of halogens is 1. The third-order valence-corrected chi connectivity index (χ3v) is 2.43. The summed E-state index contributed by atoms with van der Waals surface area (Å²) in [6, 6.07) is 0. The molecule has 0 aromatic carbocycles. The molecular formula is C8H9BrN2O2. The first-order valence-electron chi connectivity index (χ1n) is 4.02. The molecule has 1 saturated heterocycles. The van der Waals surface area contributed by atoms with E-state index < -0.39 is 0 Å². The van der Waals surface area contributed by atoms with Crippen molar-refractivity contribution in [2.45, 2.75) is 6.10 Å². The van der Waals surface area contributed by atoms with E-state index in [4.69, 9.17) is 9.47 Å². The summed E-state index contributed by atoms with van der Waals surface area (Å²) in [6.45, 7) is 1.86. The molecule has 1 aromatic rings. The van der Waals surface area contributed by atoms with Crippen molar-refractivity contribution in [3.05, 3.63) is 22.7 Å². The highest BCUT2D eigenvalue weighted by molar-refractivity contribution is 9.10. The number of hydrogen-bond donors (Lipinski definition) is 0. The van der Waals surface area contributed by atoms with E-state index in [9.17, 15) is 0 Å². The lowest BCUT2D eigenvalue weighted by Crippen LogP contribution is -2.23. The van der Waals surface area contributed by atoms with Gasteiger partial charge in [0.1, 0.15) is 12.4 Å². The Labute approximate surface area is 84.4 Å². The highest BCUT2D eigenvalue weighted by Crippen LogP contribution is 2.24. The molecule has 0 radical (unpaired) electrons. The first-order chi connectivity index (χ1) is 6.38. The van der Waals surface area contributed by atoms with Gasteiger partial charge in [0.15, 0.2) is 0 Å². The van der Waals surface area contributed by atoms with Crippen LogP contribution in [0.1, 0.15) is 11.8 Å². The van der Waals surface area contributed by atoms with Crippen LogP contribution in [0.25, 0.3) is 0 Å². The monoisotopic (exact) mass is 244 g/mol. The molecule has 0 bridgehead atoms. The van der Waals surface area contributed by atoms with Gasteiger partial charge < -0.3 is 9.47 Å². The number of ether oxygens (including phenoxy) is 2. The zero-order valence-corrected chi connectivity index (χ0v) is 8.53. The summed E-state index contributed by atoms with van der Waals surface area (Å²) < 4.78 is 11.7. The van der Waals surface area contributed by atoms with Crippen LogP contribution in [0.15, 0.2) is 17.0 Å². The minimum Gasteiger partial charge on any atom is -0.376 e. The summed E-state index contributed by atoms with van der Waals surface area (Å²) in [5.74, 6) is 0. The third-order valence-electron chi connectivity index (χ3n) is 1.82. The second-order valence-corrected chi connectivity index (χ2v) is 3.54. The second kappa shape index (κ2) is 4.13. The molecule has 0 saturated carbocycles. The van der Waals surface area contributed by atoms with Crippen LogP contribution in [0.3, 0.4) is 0 Å². The Balaban J connectivity index is 2.18. The Morgan fingerprint density at radius 3 is 3.08 bits per heavy atom. The first-order valence-corrected chi connectivity index (χ1v) is 4.82. The largest absolute Gasteiger partial charge is 0.376 e. The van der Waals surface area contributed by atoms with Crippen LogP contribution in [0.5, 0.6) is 0 Å². The fourth-order valence-electron chi connectivity index (χ4n) is 1.20. The summed E-state index contributed by atoms with van der Waals surface area (Å²) >= 11 is 3.37. The van der Waals surface area contributed by atoms with Gasteiger partial charge in [0, 0.05) is 6.20 Å². The Hall–Kier alpha value is -0.520. The number of hydrogen-bond acceptors (Lipinski definition) is 4. The molecule has 2 rings (SSSR count). The summed E-state index contributed by atoms with van der Waals surface area (Å²) in [5, 5.41) is 0. The SMILES string of the molecule is Brc1cncnc1[C@@H]1COCCO1. The molecule has 0 amide bonds. The molecule has 1 aliphatic rings. The molecule has 5 heteroatoms. The van der Waals surface area contributed by atoms with Crippen molar-refractivity contribution in [3.8, 4) is 0 Å². The van der Waals surface area contributed by atoms with Crippen LogP contribution in [-0.4, -0.2) is 29.8 Å². The van der Waals surface area contributed by atoms with E-state index in [0.29, 0.717) is 19.8 Å². The Bertz CT molecular complexity index is 289. The first kappa shape index (κ1) is 9.05. The van der Waals surface area contributed by atoms with Crippen molar-refractivity contribution in [1.82, 2.24) is 9.97 Å². The van der Waals surface area contributed by atoms with Crippen molar-refractivity contribution >= 4 is 15.9 Å². The van der Waals surface area contributed by atoms with E-state index in [1.54, 1.807) is 6.20 Å². The molecule has 0 unspecified atom stereocenters. The molecular weight excluding hydrogens is 236 g/mol. The van der Waals surface area contributed by atoms with E-state index in [0.717, 1.165) is 10.2 Å². The van der Waals surface area contributed by atoms with Crippen molar-refractivity contribution in [2.75, 3.05) is 19.8 Å². The van der Waals surface area contributed by atoms with Crippen molar-refractivity contribution < 1.29 is 9.47 Å². The maximum Gasteiger partial charge on any atom is 0.124 e. The predicted molar refractivity (Wildman–Crippen MR) is 49.2 cm³/mol. The highest BCUT2D eigenvalue weighted by Gasteiger charge is 2.20. The standard InChI is InChI=1S/C8H9BrN2O2/c9-6-3-10-5-11-8(6)7-4-12-1-2-13-7/h3,5,7H,1-2,4H2/t7-/m0/s1. The molecule has 0 spiro atoms. The molecule has 0 N–H and O–H groups in total. The lowest BCUT2D eigenvalue weighted by Gasteiger charge is -2.22. The molecule has 70 valence electrons. The van der Waals surface area contributed by atoms with Gasteiger partial charge in [0.25, 0.3) is 0 Å². The average molecular weight is 245 g/mol. The van der Waals surface area contributed by atoms with Gasteiger partial charge in [-0.1, -0.05) is 0 Å². The minimum atomic E-state index is -0.0638. The fraction of sp³-hybridized carbons (Fsp3) is 0.500. The van der Waals surface area contributed by atoms with Crippen LogP contribution < -0.4 is 0 Å². The molecule has 1 atom stereocenters. The molecule has 4 nitrogen and oxygen atoms in total. The van der Waals surface area contributed by atoms with Gasteiger partial charge >= 0.3 is 0 Å². The summed E-state index contributed by atoms with van der Waals surface area (Å²) in [6.07, 6.45) is 3.16. The number of aromatic nitrogens is 2. The van der Waals surface area contributed by atoms with Gasteiger partial charge in [-0.25, -0.2) is 9.97 Å². The molecule has 0 aliphatic carbocycles. The van der Waals surface area contributed by atoms with Crippen molar-refractivity contribution in [1.29, 1.82) is 0 Å². The van der Waals surface area contributed by atoms with Crippen molar-refractivity contribution in [3.63, 3.8) is 0 Å². The minimum absolute atomic E-state index is 0.0638. The van der Waals surface area contributed by atoms with E-state index in [-0.39, 0.29) is 6.10 Å². The number of nitrogens with zero attached hydrogens (tertiary/aromatic N) is 2. The second-order valence-electron chi connectivity index (χ2n) is 2.69. The maximum atomic E-state index is 5.50. The molecule has 1 aliphatic heterocycles. The summed E-state index contributed by atoms with van der Waals surface area (Å²) in [4.78, 5) is 8.02. The van der Waals surface area contributed by atoms with E-state index in [1.807, 2.05) is 0 Å². The van der Waals surface area contributed by atoms with Gasteiger partial charge in [0.2, 0.25) is 0 Å². The van der Waals surface area contributed by atoms with Crippen molar-refractivity contribution in [2.24, 2.45) is 0 Å². The third kappa shape index (κ3) is 2.04. The quantitative estimate of drug-likeness (QED) is 0.748. The normalized spacial score (nSPS) is 23.0. The lowest BCUT2D eigenvalue weighted by atomic mass is 10.2. The average Bonchev–Trinajstić information content (AvgIpc) is 2.20. The smallest absolute Gasteiger partial charge is 0.124 e. The Kier molecular flexibility index (Phi) is 2.87. The van der Waals surface area contributed by atoms with E-state index >= 15 is 0 Å². The van der Waals surface area contributed by atoms with E-state index in [1.165, 1.54) is 6.33 Å². The fourth-order valence-corrected chi connectivity index (χ4v) is 1.68. The van der Waals surface area contributed by atoms with E-state index in [2.05, 4.69) is 25.9 Å². The topological polar surface area (TPSA) is 44.2 Å². The predicted octanol–water partition coefficient (Wildman–Crippen LogP) is 1.33. The van der Waals surface area contributed by atoms with Gasteiger partial charge in [-0.2, -0.15) is 0 Å². The Morgan fingerprint density at radius 1 is 1.46 bits per heavy atom. The zero-order valence-electron chi connectivity index (χ0n) is 6.94. The highest BCUT2D eigenvalue weighted by atomic mass is 79.9. The molecule has 13 heavy (non-hydrogen) atoms. The van der Waals surface area contributed by atoms with Gasteiger partial charge in [-0.05, 0) is 15.9 Å². The van der Waals surface area contributed by atoms with Gasteiger partial charge in [0.05, 0.1) is 30.0 Å². The Morgan fingerprint density at radius 2 is 2.38 bits per heavy atom. The van der Waals surface area contributed by atoms with Gasteiger partial charge in [-0.3, -0.25) is 0 Å². The molecule has 1 aromatic heterocycles. The summed E-state index contributed by atoms with van der Waals surface area (Å²) in [5.41, 5.74) is 0.856. The van der Waals surface area contributed by atoms with Crippen LogP contribution in [0.4, 0.5) is 0 Å². The van der Waals surface area contributed by atoms with Gasteiger partial charge in [-0.15, -0.1) is 0 Å². The van der Waals surface area contributed by atoms with Crippen LogP contribution in [-0.2, 0) is 9.47 Å². The maximum absolute atomic E-state index is 5.50. The van der Waals surface area contributed by atoms with Crippen LogP contribution in [0.2, 0.25) is 0 Å². The molecule has 2 heterocycles. The molecule has 1 fully saturated rings. The van der Waals surface area contributed by atoms with Crippen LogP contribution >= 0.6 is 15.9 Å². The van der Waals surface area contributed by atoms with Crippen LogP contribution in [0, 0.1) is 0 Å². The lowest BCUT2D eigenvalue weighted by molar-refractivity contribution is -0.0921. The number of rotatable bonds is 1. The summed E-state index contributed by atoms with van der Waals surface area (Å²) in [7, 11) is 0.